The molecule has 1 aromatic heterocycles. The van der Waals surface area contributed by atoms with E-state index in [4.69, 9.17) is 0 Å². The summed E-state index contributed by atoms with van der Waals surface area (Å²) in [5, 5.41) is 1.00. The summed E-state index contributed by atoms with van der Waals surface area (Å²) in [7, 11) is -5.24. The van der Waals surface area contributed by atoms with Crippen LogP contribution in [0.5, 0.6) is 0 Å². The number of aryl methyl sites for hydroxylation is 1. The van der Waals surface area contributed by atoms with Crippen LogP contribution in [0, 0.1) is 18.4 Å². The summed E-state index contributed by atoms with van der Waals surface area (Å²) in [5.74, 6) is 3.48. The molecular formula is C29H38N2O2SSi. The third-order valence-electron chi connectivity index (χ3n) is 7.83. The highest BCUT2D eigenvalue weighted by molar-refractivity contribution is 7.90. The van der Waals surface area contributed by atoms with Crippen molar-refractivity contribution in [3.8, 4) is 11.5 Å². The van der Waals surface area contributed by atoms with E-state index in [1.54, 1.807) is 12.1 Å². The maximum atomic E-state index is 13.6. The van der Waals surface area contributed by atoms with Gasteiger partial charge in [0.1, 0.15) is 8.07 Å². The van der Waals surface area contributed by atoms with Gasteiger partial charge in [-0.1, -0.05) is 44.4 Å². The van der Waals surface area contributed by atoms with Crippen LogP contribution in [-0.2, 0) is 16.4 Å². The van der Waals surface area contributed by atoms with Crippen LogP contribution < -0.4 is 0 Å². The smallest absolute Gasteiger partial charge is 0.268 e. The number of hydrogen-bond donors (Lipinski definition) is 0. The normalized spacial score (nSPS) is 14.9. The fourth-order valence-electron chi connectivity index (χ4n) is 5.07. The molecule has 1 fully saturated rings. The van der Waals surface area contributed by atoms with Crippen molar-refractivity contribution in [1.82, 2.24) is 8.87 Å². The highest BCUT2D eigenvalue weighted by Crippen LogP contribution is 2.28. The minimum Gasteiger partial charge on any atom is -0.303 e. The summed E-state index contributed by atoms with van der Waals surface area (Å²) < 4.78 is 28.7. The van der Waals surface area contributed by atoms with Gasteiger partial charge in [0.05, 0.1) is 10.4 Å². The van der Waals surface area contributed by atoms with E-state index in [1.807, 2.05) is 37.4 Å². The first-order valence-corrected chi connectivity index (χ1v) is 17.1. The van der Waals surface area contributed by atoms with Crippen molar-refractivity contribution in [2.75, 3.05) is 19.6 Å². The van der Waals surface area contributed by atoms with E-state index in [2.05, 4.69) is 43.2 Å². The van der Waals surface area contributed by atoms with E-state index in [-0.39, 0.29) is 0 Å². The number of aromatic nitrogens is 1. The molecular weight excluding hydrogens is 468 g/mol. The molecule has 0 spiro atoms. The van der Waals surface area contributed by atoms with Crippen molar-refractivity contribution in [1.29, 1.82) is 0 Å². The summed E-state index contributed by atoms with van der Waals surface area (Å²) >= 11 is 0. The third kappa shape index (κ3) is 5.43. The summed E-state index contributed by atoms with van der Waals surface area (Å²) in [5.41, 5.74) is 7.52. The number of fused-ring (bicyclic) bond motifs is 1. The largest absolute Gasteiger partial charge is 0.303 e. The number of likely N-dealkylation sites (tertiary alicyclic amines) is 1. The zero-order chi connectivity index (χ0) is 25.1. The molecule has 0 amide bonds. The maximum Gasteiger partial charge on any atom is 0.268 e. The van der Waals surface area contributed by atoms with Crippen molar-refractivity contribution in [2.45, 2.75) is 70.0 Å². The predicted octanol–water partition coefficient (Wildman–Crippen LogP) is 6.22. The van der Waals surface area contributed by atoms with Gasteiger partial charge >= 0.3 is 0 Å². The highest BCUT2D eigenvalue weighted by Gasteiger charge is 2.25. The van der Waals surface area contributed by atoms with E-state index in [1.165, 1.54) is 34.9 Å². The first-order chi connectivity index (χ1) is 16.8. The molecule has 0 atom stereocenters. The number of benzene rings is 2. The van der Waals surface area contributed by atoms with Crippen molar-refractivity contribution < 1.29 is 8.42 Å². The lowest BCUT2D eigenvalue weighted by molar-refractivity contribution is 0.344. The van der Waals surface area contributed by atoms with Crippen molar-refractivity contribution in [2.24, 2.45) is 0 Å². The quantitative estimate of drug-likeness (QED) is 0.269. The molecule has 35 heavy (non-hydrogen) atoms. The Morgan fingerprint density at radius 3 is 2.23 bits per heavy atom. The molecule has 1 aliphatic heterocycles. The van der Waals surface area contributed by atoms with Gasteiger partial charge < -0.3 is 4.90 Å². The van der Waals surface area contributed by atoms with E-state index < -0.39 is 18.1 Å². The summed E-state index contributed by atoms with van der Waals surface area (Å²) in [6, 6.07) is 16.7. The standard InChI is InChI=1S/C29H38N2O2SSi/c1-5-35(6-2,7-3)21-17-25-12-15-29-28(22-25)26(16-20-30-18-8-9-19-30)23-31(29)34(32,33)27-13-10-24(4)11-14-27/h10-15,22-23H,5-9,16,18-20H2,1-4H3. The Morgan fingerprint density at radius 1 is 0.943 bits per heavy atom. The van der Waals surface area contributed by atoms with Gasteiger partial charge in [-0.3, -0.25) is 0 Å². The van der Waals surface area contributed by atoms with Gasteiger partial charge in [-0.05, 0) is 93.3 Å². The fraction of sp³-hybridized carbons (Fsp3) is 0.448. The second-order valence-corrected chi connectivity index (χ2v) is 16.6. The average molecular weight is 507 g/mol. The molecule has 2 aromatic carbocycles. The fourth-order valence-corrected chi connectivity index (χ4v) is 8.90. The lowest BCUT2D eigenvalue weighted by atomic mass is 10.1. The Kier molecular flexibility index (Phi) is 7.90. The van der Waals surface area contributed by atoms with Gasteiger partial charge in [0.25, 0.3) is 10.0 Å². The molecule has 4 rings (SSSR count). The molecule has 0 saturated carbocycles. The van der Waals surface area contributed by atoms with E-state index in [9.17, 15) is 8.42 Å². The topological polar surface area (TPSA) is 42.3 Å². The van der Waals surface area contributed by atoms with Gasteiger partial charge in [0.2, 0.25) is 0 Å². The van der Waals surface area contributed by atoms with E-state index in [0.717, 1.165) is 53.6 Å². The third-order valence-corrected chi connectivity index (χ3v) is 14.2. The molecule has 3 aromatic rings. The van der Waals surface area contributed by atoms with Crippen LogP contribution in [0.4, 0.5) is 0 Å². The molecule has 4 nitrogen and oxygen atoms in total. The van der Waals surface area contributed by atoms with E-state index >= 15 is 0 Å². The summed E-state index contributed by atoms with van der Waals surface area (Å²) in [6.45, 7) is 12.0. The monoisotopic (exact) mass is 506 g/mol. The van der Waals surface area contributed by atoms with Crippen LogP contribution in [0.15, 0.2) is 53.6 Å². The maximum absolute atomic E-state index is 13.6. The summed E-state index contributed by atoms with van der Waals surface area (Å²) in [6.07, 6.45) is 5.18. The Hall–Kier alpha value is -2.33. The predicted molar refractivity (Wildman–Crippen MR) is 149 cm³/mol. The van der Waals surface area contributed by atoms with Crippen molar-refractivity contribution in [3.05, 3.63) is 65.4 Å². The van der Waals surface area contributed by atoms with Crippen LogP contribution >= 0.6 is 0 Å². The van der Waals surface area contributed by atoms with Crippen LogP contribution in [0.1, 0.15) is 50.3 Å². The van der Waals surface area contributed by atoms with Gasteiger partial charge in [0, 0.05) is 23.7 Å². The molecule has 186 valence electrons. The summed E-state index contributed by atoms with van der Waals surface area (Å²) in [4.78, 5) is 2.80. The van der Waals surface area contributed by atoms with Crippen molar-refractivity contribution in [3.63, 3.8) is 0 Å². The lowest BCUT2D eigenvalue weighted by Crippen LogP contribution is -2.29. The number of rotatable bonds is 8. The second-order valence-electron chi connectivity index (χ2n) is 9.89. The van der Waals surface area contributed by atoms with Gasteiger partial charge in [-0.25, -0.2) is 12.4 Å². The number of nitrogens with zero attached hydrogens (tertiary/aromatic N) is 2. The molecule has 6 heteroatoms. The molecule has 1 aliphatic rings. The minimum absolute atomic E-state index is 0.319. The Bertz CT molecular complexity index is 1330. The average Bonchev–Trinajstić information content (AvgIpc) is 3.52. The molecule has 0 N–H and O–H groups in total. The van der Waals surface area contributed by atoms with Crippen LogP contribution in [0.2, 0.25) is 18.1 Å². The highest BCUT2D eigenvalue weighted by atomic mass is 32.2. The Balaban J connectivity index is 1.78. The van der Waals surface area contributed by atoms with E-state index in [0.29, 0.717) is 4.90 Å². The van der Waals surface area contributed by atoms with Gasteiger partial charge in [0.15, 0.2) is 0 Å². The first-order valence-electron chi connectivity index (χ1n) is 13.0. The van der Waals surface area contributed by atoms with Crippen LogP contribution in [0.25, 0.3) is 10.9 Å². The zero-order valence-electron chi connectivity index (χ0n) is 21.6. The lowest BCUT2D eigenvalue weighted by Gasteiger charge is -2.20. The number of hydrogen-bond acceptors (Lipinski definition) is 3. The molecule has 1 saturated heterocycles. The molecule has 0 bridgehead atoms. The molecule has 2 heterocycles. The molecule has 0 radical (unpaired) electrons. The Labute approximate surface area is 212 Å². The van der Waals surface area contributed by atoms with Gasteiger partial charge in [-0.2, -0.15) is 0 Å². The zero-order valence-corrected chi connectivity index (χ0v) is 23.4. The minimum atomic E-state index is -3.69. The SMILES string of the molecule is CC[Si](C#Cc1ccc2c(c1)c(CCN1CCCC1)cn2S(=O)(=O)c1ccc(C)cc1)(CC)CC. The first kappa shape index (κ1) is 25.8. The molecule has 0 unspecified atom stereocenters. The van der Waals surface area contributed by atoms with Crippen molar-refractivity contribution >= 4 is 29.0 Å². The second kappa shape index (κ2) is 10.7. The molecule has 0 aliphatic carbocycles. The van der Waals surface area contributed by atoms with Gasteiger partial charge in [-0.15, -0.1) is 5.54 Å². The Morgan fingerprint density at radius 2 is 1.60 bits per heavy atom. The van der Waals surface area contributed by atoms with Crippen LogP contribution in [0.3, 0.4) is 0 Å². The van der Waals surface area contributed by atoms with Crippen LogP contribution in [-0.4, -0.2) is 45.0 Å².